The van der Waals surface area contributed by atoms with Crippen molar-refractivity contribution in [2.24, 2.45) is 0 Å². The van der Waals surface area contributed by atoms with E-state index in [1.165, 1.54) is 10.5 Å². The van der Waals surface area contributed by atoms with Crippen molar-refractivity contribution in [3.63, 3.8) is 0 Å². The molecule has 0 aliphatic carbocycles. The van der Waals surface area contributed by atoms with Crippen LogP contribution in [0.3, 0.4) is 0 Å². The van der Waals surface area contributed by atoms with Gasteiger partial charge in [-0.15, -0.1) is 0 Å². The summed E-state index contributed by atoms with van der Waals surface area (Å²) in [5.74, 6) is 0.352. The third kappa shape index (κ3) is 3.85. The number of amides is 1. The van der Waals surface area contributed by atoms with Crippen molar-refractivity contribution >= 4 is 35.4 Å². The lowest BCUT2D eigenvalue weighted by Crippen LogP contribution is -2.34. The molecule has 0 bridgehead atoms. The summed E-state index contributed by atoms with van der Waals surface area (Å²) < 4.78 is 0. The van der Waals surface area contributed by atoms with Crippen molar-refractivity contribution in [1.82, 2.24) is 9.97 Å². The van der Waals surface area contributed by atoms with Gasteiger partial charge in [0.25, 0.3) is 0 Å². The fourth-order valence-corrected chi connectivity index (χ4v) is 2.11. The fourth-order valence-electron chi connectivity index (χ4n) is 1.87. The van der Waals surface area contributed by atoms with Gasteiger partial charge < -0.3 is 5.32 Å². The molecule has 5 nitrogen and oxygen atoms in total. The molecule has 1 heterocycles. The number of rotatable bonds is 3. The van der Waals surface area contributed by atoms with Gasteiger partial charge in [0.2, 0.25) is 12.4 Å². The molecular formula is C16H18N4OS. The number of nitrogens with one attached hydrogen (secondary N) is 1. The summed E-state index contributed by atoms with van der Waals surface area (Å²) >= 11 is 5.25. The van der Waals surface area contributed by atoms with Crippen LogP contribution in [0.1, 0.15) is 26.3 Å². The van der Waals surface area contributed by atoms with Gasteiger partial charge in [-0.3, -0.25) is 9.69 Å². The van der Waals surface area contributed by atoms with E-state index in [1.807, 2.05) is 24.3 Å². The molecule has 2 rings (SSSR count). The second-order valence-corrected chi connectivity index (χ2v) is 6.16. The third-order valence-electron chi connectivity index (χ3n) is 3.12. The number of benzene rings is 1. The zero-order chi connectivity index (χ0) is 16.2. The van der Waals surface area contributed by atoms with Crippen LogP contribution in [0.25, 0.3) is 0 Å². The molecule has 22 heavy (non-hydrogen) atoms. The van der Waals surface area contributed by atoms with Crippen molar-refractivity contribution in [3.8, 4) is 0 Å². The average molecular weight is 314 g/mol. The van der Waals surface area contributed by atoms with Gasteiger partial charge in [-0.2, -0.15) is 0 Å². The molecule has 114 valence electrons. The van der Waals surface area contributed by atoms with E-state index in [0.29, 0.717) is 18.0 Å². The van der Waals surface area contributed by atoms with E-state index >= 15 is 0 Å². The molecule has 0 saturated carbocycles. The summed E-state index contributed by atoms with van der Waals surface area (Å²) in [6.07, 6.45) is 3.87. The largest absolute Gasteiger partial charge is 0.300 e. The molecule has 0 atom stereocenters. The summed E-state index contributed by atoms with van der Waals surface area (Å²) in [5, 5.41) is 3.07. The first-order valence-electron chi connectivity index (χ1n) is 6.85. The predicted octanol–water partition coefficient (Wildman–Crippen LogP) is 3.13. The molecule has 0 unspecified atom stereocenters. The normalized spacial score (nSPS) is 10.9. The molecule has 1 amide bonds. The minimum Gasteiger partial charge on any atom is -0.300 e. The van der Waals surface area contributed by atoms with Crippen LogP contribution in [0.4, 0.5) is 11.6 Å². The topological polar surface area (TPSA) is 58.1 Å². The van der Waals surface area contributed by atoms with Crippen molar-refractivity contribution in [1.29, 1.82) is 0 Å². The Morgan fingerprint density at radius 1 is 1.18 bits per heavy atom. The zero-order valence-corrected chi connectivity index (χ0v) is 13.6. The predicted molar refractivity (Wildman–Crippen MR) is 91.9 cm³/mol. The van der Waals surface area contributed by atoms with Gasteiger partial charge in [0.15, 0.2) is 5.11 Å². The highest BCUT2D eigenvalue weighted by Crippen LogP contribution is 2.24. The number of aromatic nitrogens is 2. The Labute approximate surface area is 135 Å². The quantitative estimate of drug-likeness (QED) is 0.697. The lowest BCUT2D eigenvalue weighted by atomic mass is 9.87. The van der Waals surface area contributed by atoms with Crippen molar-refractivity contribution < 1.29 is 4.79 Å². The molecular weight excluding hydrogens is 296 g/mol. The summed E-state index contributed by atoms with van der Waals surface area (Å²) in [5.41, 5.74) is 1.94. The van der Waals surface area contributed by atoms with Crippen LogP contribution in [0.15, 0.2) is 42.7 Å². The first-order valence-corrected chi connectivity index (χ1v) is 7.26. The van der Waals surface area contributed by atoms with Crippen LogP contribution in [0.5, 0.6) is 0 Å². The van der Waals surface area contributed by atoms with Crippen molar-refractivity contribution in [2.75, 3.05) is 10.2 Å². The van der Waals surface area contributed by atoms with E-state index in [9.17, 15) is 4.79 Å². The van der Waals surface area contributed by atoms with Crippen LogP contribution in [0.2, 0.25) is 0 Å². The number of nitrogens with zero attached hydrogens (tertiary/aromatic N) is 3. The maximum atomic E-state index is 11.4. The van der Waals surface area contributed by atoms with Gasteiger partial charge in [0, 0.05) is 12.4 Å². The lowest BCUT2D eigenvalue weighted by molar-refractivity contribution is -0.106. The molecule has 6 heteroatoms. The van der Waals surface area contributed by atoms with E-state index in [2.05, 4.69) is 36.1 Å². The van der Waals surface area contributed by atoms with Gasteiger partial charge in [-0.25, -0.2) is 9.97 Å². The van der Waals surface area contributed by atoms with E-state index in [-0.39, 0.29) is 10.5 Å². The van der Waals surface area contributed by atoms with Gasteiger partial charge in [0.1, 0.15) is 0 Å². The van der Waals surface area contributed by atoms with E-state index < -0.39 is 0 Å². The first kappa shape index (κ1) is 16.0. The molecule has 0 radical (unpaired) electrons. The highest BCUT2D eigenvalue weighted by Gasteiger charge is 2.16. The van der Waals surface area contributed by atoms with E-state index in [1.54, 1.807) is 18.5 Å². The number of hydrogen-bond donors (Lipinski definition) is 1. The minimum absolute atomic E-state index is 0.0567. The van der Waals surface area contributed by atoms with E-state index in [0.717, 1.165) is 0 Å². The van der Waals surface area contributed by atoms with Gasteiger partial charge in [0.05, 0.1) is 5.69 Å². The number of anilines is 2. The zero-order valence-electron chi connectivity index (χ0n) is 12.8. The summed E-state index contributed by atoms with van der Waals surface area (Å²) in [6, 6.07) is 9.43. The monoisotopic (exact) mass is 314 g/mol. The summed E-state index contributed by atoms with van der Waals surface area (Å²) in [7, 11) is 0. The lowest BCUT2D eigenvalue weighted by Gasteiger charge is -2.22. The Hall–Kier alpha value is -2.34. The maximum Gasteiger partial charge on any atom is 0.228 e. The molecule has 0 spiro atoms. The van der Waals surface area contributed by atoms with Crippen molar-refractivity contribution in [2.45, 2.75) is 26.2 Å². The Kier molecular flexibility index (Phi) is 4.82. The van der Waals surface area contributed by atoms with Gasteiger partial charge in [-0.05, 0) is 41.4 Å². The molecule has 0 aliphatic heterocycles. The minimum atomic E-state index is 0.0567. The molecule has 1 aromatic carbocycles. The van der Waals surface area contributed by atoms with Crippen LogP contribution in [0, 0.1) is 0 Å². The second kappa shape index (κ2) is 6.62. The Bertz CT molecular complexity index is 650. The maximum absolute atomic E-state index is 11.4. The number of carbonyl (C=O) groups excluding carboxylic acids is 1. The number of thiocarbonyl (C=S) groups is 1. The second-order valence-electron chi connectivity index (χ2n) is 5.77. The van der Waals surface area contributed by atoms with Crippen LogP contribution >= 0.6 is 12.2 Å². The highest BCUT2D eigenvalue weighted by atomic mass is 32.1. The fraction of sp³-hybridized carbons (Fsp3) is 0.250. The highest BCUT2D eigenvalue weighted by molar-refractivity contribution is 7.80. The Morgan fingerprint density at radius 3 is 2.27 bits per heavy atom. The van der Waals surface area contributed by atoms with Crippen LogP contribution in [-0.2, 0) is 10.2 Å². The molecule has 1 N–H and O–H groups in total. The van der Waals surface area contributed by atoms with E-state index in [4.69, 9.17) is 12.2 Å². The van der Waals surface area contributed by atoms with Gasteiger partial charge >= 0.3 is 0 Å². The summed E-state index contributed by atoms with van der Waals surface area (Å²) in [4.78, 5) is 20.8. The van der Waals surface area contributed by atoms with Crippen LogP contribution in [-0.4, -0.2) is 21.5 Å². The molecule has 0 fully saturated rings. The standard InChI is InChI=1S/C16H18N4OS/c1-16(2,3)12-5-7-13(8-6-12)20(11-21)15(22)19-14-17-9-4-10-18-14/h4-11H,1-3H3,(H,17,18,19,22). The third-order valence-corrected chi connectivity index (χ3v) is 3.42. The molecule has 0 aliphatic rings. The smallest absolute Gasteiger partial charge is 0.228 e. The molecule has 2 aromatic rings. The van der Waals surface area contributed by atoms with Crippen molar-refractivity contribution in [3.05, 3.63) is 48.3 Å². The summed E-state index contributed by atoms with van der Waals surface area (Å²) in [6.45, 7) is 6.41. The average Bonchev–Trinajstić information content (AvgIpc) is 2.48. The number of carbonyl (C=O) groups is 1. The van der Waals surface area contributed by atoms with Gasteiger partial charge in [-0.1, -0.05) is 32.9 Å². The molecule has 0 saturated heterocycles. The molecule has 1 aromatic heterocycles. The Balaban J connectivity index is 2.17. The first-order chi connectivity index (χ1) is 10.4. The van der Waals surface area contributed by atoms with Crippen LogP contribution < -0.4 is 10.2 Å². The SMILES string of the molecule is CC(C)(C)c1ccc(N(C=O)C(=S)Nc2ncccn2)cc1. The Morgan fingerprint density at radius 2 is 1.77 bits per heavy atom. The number of hydrogen-bond acceptors (Lipinski definition) is 4.